The van der Waals surface area contributed by atoms with Crippen molar-refractivity contribution in [3.63, 3.8) is 0 Å². The van der Waals surface area contributed by atoms with Gasteiger partial charge < -0.3 is 11.1 Å². The molecule has 11 heteroatoms. The summed E-state index contributed by atoms with van der Waals surface area (Å²) in [6.45, 7) is -0.548. The van der Waals surface area contributed by atoms with E-state index in [-0.39, 0.29) is 12.2 Å². The number of carbonyl (C=O) groups is 1. The molecule has 0 aromatic carbocycles. The van der Waals surface area contributed by atoms with E-state index >= 15 is 0 Å². The van der Waals surface area contributed by atoms with Crippen LogP contribution in [0.4, 0.5) is 32.0 Å². The standard InChI is InChI=1S/C9H10F6N4O/c10-8(11,12)6(9(13,14)15)7(20)17-1-2-19-4-5(16)3-18-19/h3-4,6H,1-2,16H2,(H,17,20). The minimum Gasteiger partial charge on any atom is -0.396 e. The van der Waals surface area contributed by atoms with Crippen molar-refractivity contribution in [1.82, 2.24) is 15.1 Å². The lowest BCUT2D eigenvalue weighted by molar-refractivity contribution is -0.274. The molecule has 0 saturated heterocycles. The zero-order chi connectivity index (χ0) is 15.6. The van der Waals surface area contributed by atoms with Crippen LogP contribution < -0.4 is 11.1 Å². The summed E-state index contributed by atoms with van der Waals surface area (Å²) in [5.74, 6) is -6.19. The number of nitrogens with two attached hydrogens (primary N) is 1. The number of nitrogens with one attached hydrogen (secondary N) is 1. The maximum atomic E-state index is 12.2. The summed E-state index contributed by atoms with van der Waals surface area (Å²) >= 11 is 0. The Labute approximate surface area is 108 Å². The van der Waals surface area contributed by atoms with Crippen molar-refractivity contribution >= 4 is 11.6 Å². The Hall–Kier alpha value is -1.94. The van der Waals surface area contributed by atoms with Crippen LogP contribution in [0.5, 0.6) is 0 Å². The number of halogens is 6. The van der Waals surface area contributed by atoms with Crippen molar-refractivity contribution in [2.24, 2.45) is 5.92 Å². The fraction of sp³-hybridized carbons (Fsp3) is 0.556. The fourth-order valence-electron chi connectivity index (χ4n) is 1.38. The van der Waals surface area contributed by atoms with Gasteiger partial charge in [0.25, 0.3) is 0 Å². The van der Waals surface area contributed by atoms with Gasteiger partial charge in [-0.05, 0) is 0 Å². The van der Waals surface area contributed by atoms with Crippen molar-refractivity contribution in [2.45, 2.75) is 18.9 Å². The first-order chi connectivity index (χ1) is 9.01. The third kappa shape index (κ3) is 4.31. The molecule has 0 bridgehead atoms. The van der Waals surface area contributed by atoms with E-state index in [1.54, 1.807) is 5.32 Å². The van der Waals surface area contributed by atoms with Crippen LogP contribution in [0.2, 0.25) is 0 Å². The number of hydrogen-bond acceptors (Lipinski definition) is 3. The second-order valence-electron chi connectivity index (χ2n) is 3.84. The van der Waals surface area contributed by atoms with Crippen LogP contribution in [0.3, 0.4) is 0 Å². The SMILES string of the molecule is Nc1cnn(CCNC(=O)C(C(F)(F)F)C(F)(F)F)c1. The van der Waals surface area contributed by atoms with Crippen LogP contribution >= 0.6 is 0 Å². The summed E-state index contributed by atoms with van der Waals surface area (Å²) in [5, 5.41) is 5.22. The van der Waals surface area contributed by atoms with Crippen LogP contribution in [0.15, 0.2) is 12.4 Å². The van der Waals surface area contributed by atoms with Crippen molar-refractivity contribution in [3.8, 4) is 0 Å². The Bertz CT molecular complexity index is 452. The van der Waals surface area contributed by atoms with E-state index < -0.39 is 30.7 Å². The van der Waals surface area contributed by atoms with E-state index in [1.165, 1.54) is 17.1 Å². The quantitative estimate of drug-likeness (QED) is 0.824. The van der Waals surface area contributed by atoms with Crippen molar-refractivity contribution in [3.05, 3.63) is 12.4 Å². The average Bonchev–Trinajstić information content (AvgIpc) is 2.59. The highest BCUT2D eigenvalue weighted by molar-refractivity contribution is 5.80. The molecule has 0 unspecified atom stereocenters. The van der Waals surface area contributed by atoms with Crippen molar-refractivity contribution < 1.29 is 31.1 Å². The van der Waals surface area contributed by atoms with Gasteiger partial charge in [0.2, 0.25) is 11.8 Å². The number of nitrogens with zero attached hydrogens (tertiary/aromatic N) is 2. The summed E-state index contributed by atoms with van der Waals surface area (Å²) in [7, 11) is 0. The first kappa shape index (κ1) is 16.1. The number of hydrogen-bond donors (Lipinski definition) is 2. The normalized spacial score (nSPS) is 12.8. The van der Waals surface area contributed by atoms with Crippen LogP contribution in [0.25, 0.3) is 0 Å². The molecule has 1 heterocycles. The summed E-state index contributed by atoms with van der Waals surface area (Å²) in [5.41, 5.74) is 5.58. The fourth-order valence-corrected chi connectivity index (χ4v) is 1.38. The van der Waals surface area contributed by atoms with Crippen molar-refractivity contribution in [1.29, 1.82) is 0 Å². The van der Waals surface area contributed by atoms with Crippen LogP contribution in [-0.2, 0) is 11.3 Å². The number of rotatable bonds is 4. The third-order valence-corrected chi connectivity index (χ3v) is 2.21. The molecule has 20 heavy (non-hydrogen) atoms. The first-order valence-electron chi connectivity index (χ1n) is 5.21. The molecular weight excluding hydrogens is 294 g/mol. The molecule has 0 aliphatic rings. The highest BCUT2D eigenvalue weighted by atomic mass is 19.4. The maximum Gasteiger partial charge on any atom is 0.409 e. The molecular formula is C9H10F6N4O. The average molecular weight is 304 g/mol. The molecule has 5 nitrogen and oxygen atoms in total. The number of anilines is 1. The monoisotopic (exact) mass is 304 g/mol. The summed E-state index contributed by atoms with van der Waals surface area (Å²) in [6.07, 6.45) is -8.83. The number of carbonyl (C=O) groups excluding carboxylic acids is 1. The molecule has 0 fully saturated rings. The number of amides is 1. The molecule has 0 radical (unpaired) electrons. The van der Waals surface area contributed by atoms with Gasteiger partial charge in [0.1, 0.15) is 0 Å². The minimum absolute atomic E-state index is 0.106. The van der Waals surface area contributed by atoms with Crippen molar-refractivity contribution in [2.75, 3.05) is 12.3 Å². The van der Waals surface area contributed by atoms with Crippen LogP contribution in [0, 0.1) is 5.92 Å². The third-order valence-electron chi connectivity index (χ3n) is 2.21. The van der Waals surface area contributed by atoms with Gasteiger partial charge in [0, 0.05) is 12.7 Å². The Kier molecular flexibility index (Phi) is 4.50. The van der Waals surface area contributed by atoms with Gasteiger partial charge in [-0.2, -0.15) is 31.4 Å². The van der Waals surface area contributed by atoms with Gasteiger partial charge in [-0.15, -0.1) is 0 Å². The minimum atomic E-state index is -5.70. The lowest BCUT2D eigenvalue weighted by atomic mass is 10.1. The molecule has 1 aromatic rings. The second kappa shape index (κ2) is 5.59. The Morgan fingerprint density at radius 2 is 1.85 bits per heavy atom. The van der Waals surface area contributed by atoms with Gasteiger partial charge in [-0.3, -0.25) is 9.48 Å². The Morgan fingerprint density at radius 1 is 1.30 bits per heavy atom. The van der Waals surface area contributed by atoms with E-state index in [1.807, 2.05) is 0 Å². The first-order valence-corrected chi connectivity index (χ1v) is 5.21. The molecule has 1 amide bonds. The highest BCUT2D eigenvalue weighted by Gasteiger charge is 2.60. The molecule has 0 spiro atoms. The van der Waals surface area contributed by atoms with E-state index in [2.05, 4.69) is 5.10 Å². The van der Waals surface area contributed by atoms with Crippen LogP contribution in [0.1, 0.15) is 0 Å². The van der Waals surface area contributed by atoms with E-state index in [9.17, 15) is 31.1 Å². The zero-order valence-electron chi connectivity index (χ0n) is 9.79. The smallest absolute Gasteiger partial charge is 0.396 e. The Balaban J connectivity index is 2.59. The van der Waals surface area contributed by atoms with Gasteiger partial charge in [-0.1, -0.05) is 0 Å². The van der Waals surface area contributed by atoms with E-state index in [4.69, 9.17) is 5.73 Å². The summed E-state index contributed by atoms with van der Waals surface area (Å²) < 4.78 is 74.4. The highest BCUT2D eigenvalue weighted by Crippen LogP contribution is 2.39. The summed E-state index contributed by atoms with van der Waals surface area (Å²) in [4.78, 5) is 11.0. The largest absolute Gasteiger partial charge is 0.409 e. The Morgan fingerprint density at radius 3 is 2.25 bits per heavy atom. The maximum absolute atomic E-state index is 12.2. The summed E-state index contributed by atoms with van der Waals surface area (Å²) in [6, 6.07) is 0. The van der Waals surface area contributed by atoms with E-state index in [0.717, 1.165) is 0 Å². The van der Waals surface area contributed by atoms with Crippen LogP contribution in [-0.4, -0.2) is 34.6 Å². The number of aromatic nitrogens is 2. The number of nitrogen functional groups attached to an aromatic ring is 1. The molecule has 3 N–H and O–H groups in total. The molecule has 114 valence electrons. The number of alkyl halides is 6. The molecule has 0 aliphatic carbocycles. The van der Waals surface area contributed by atoms with Gasteiger partial charge in [0.15, 0.2) is 0 Å². The molecule has 0 aliphatic heterocycles. The topological polar surface area (TPSA) is 72.9 Å². The second-order valence-corrected chi connectivity index (χ2v) is 3.84. The van der Waals surface area contributed by atoms with Gasteiger partial charge in [0.05, 0.1) is 18.4 Å². The molecule has 1 rings (SSSR count). The van der Waals surface area contributed by atoms with Gasteiger partial charge in [-0.25, -0.2) is 0 Å². The lowest BCUT2D eigenvalue weighted by Gasteiger charge is -2.21. The molecule has 1 aromatic heterocycles. The molecule has 0 atom stereocenters. The lowest BCUT2D eigenvalue weighted by Crippen LogP contribution is -2.48. The molecule has 0 saturated carbocycles. The van der Waals surface area contributed by atoms with E-state index in [0.29, 0.717) is 0 Å². The predicted octanol–water partition coefficient (Wildman–Crippen LogP) is 1.32. The van der Waals surface area contributed by atoms with Gasteiger partial charge >= 0.3 is 12.4 Å². The zero-order valence-corrected chi connectivity index (χ0v) is 9.79. The predicted molar refractivity (Wildman–Crippen MR) is 55.2 cm³/mol.